The van der Waals surface area contributed by atoms with E-state index in [1.807, 2.05) is 11.7 Å². The highest BCUT2D eigenvalue weighted by molar-refractivity contribution is 9.09. The number of halogens is 1. The third kappa shape index (κ3) is 2.30. The molecule has 3 nitrogen and oxygen atoms in total. The lowest BCUT2D eigenvalue weighted by atomic mass is 10.2. The van der Waals surface area contributed by atoms with E-state index in [9.17, 15) is 0 Å². The van der Waals surface area contributed by atoms with E-state index in [1.54, 1.807) is 6.33 Å². The van der Waals surface area contributed by atoms with Gasteiger partial charge in [0.2, 0.25) is 0 Å². The molecule has 72 valence electrons. The van der Waals surface area contributed by atoms with E-state index in [-0.39, 0.29) is 0 Å². The zero-order chi connectivity index (χ0) is 9.26. The Balaban J connectivity index is 1.81. The molecule has 0 saturated heterocycles. The van der Waals surface area contributed by atoms with Gasteiger partial charge in [0, 0.05) is 18.3 Å². The zero-order valence-corrected chi connectivity index (χ0v) is 9.37. The smallest absolute Gasteiger partial charge is 0.138 e. The van der Waals surface area contributed by atoms with Crippen LogP contribution in [0.5, 0.6) is 0 Å². The summed E-state index contributed by atoms with van der Waals surface area (Å²) < 4.78 is 1.85. The Morgan fingerprint density at radius 3 is 3.00 bits per heavy atom. The average Bonchev–Trinajstić information content (AvgIpc) is 2.88. The number of rotatable bonds is 4. The molecule has 1 aromatic rings. The first-order valence-electron chi connectivity index (χ1n) is 4.74. The lowest BCUT2D eigenvalue weighted by molar-refractivity contribution is 0.635. The Kier molecular flexibility index (Phi) is 2.67. The fourth-order valence-electron chi connectivity index (χ4n) is 1.51. The van der Waals surface area contributed by atoms with Gasteiger partial charge in [-0.25, -0.2) is 4.98 Å². The molecule has 0 aliphatic heterocycles. The molecule has 4 heteroatoms. The van der Waals surface area contributed by atoms with Crippen LogP contribution in [-0.4, -0.2) is 19.6 Å². The molecule has 0 spiro atoms. The molecule has 1 unspecified atom stereocenters. The standard InChI is InChI=1S/C9H14BrN3/c1-13-9(11-6-12-13)5-4-8(10)7-2-3-7/h6-8H,2-5H2,1H3. The van der Waals surface area contributed by atoms with Crippen molar-refractivity contribution in [3.8, 4) is 0 Å². The number of nitrogens with zero attached hydrogens (tertiary/aromatic N) is 3. The summed E-state index contributed by atoms with van der Waals surface area (Å²) in [6, 6.07) is 0. The van der Waals surface area contributed by atoms with Crippen LogP contribution in [0.4, 0.5) is 0 Å². The molecule has 13 heavy (non-hydrogen) atoms. The highest BCUT2D eigenvalue weighted by Gasteiger charge is 2.28. The normalized spacial score (nSPS) is 18.9. The fourth-order valence-corrected chi connectivity index (χ4v) is 2.26. The predicted molar refractivity (Wildman–Crippen MR) is 54.8 cm³/mol. The maximum atomic E-state index is 4.20. The number of hydrogen-bond acceptors (Lipinski definition) is 2. The van der Waals surface area contributed by atoms with Gasteiger partial charge in [-0.3, -0.25) is 4.68 Å². The Labute approximate surface area is 86.7 Å². The summed E-state index contributed by atoms with van der Waals surface area (Å²) in [6.45, 7) is 0. The van der Waals surface area contributed by atoms with Crippen molar-refractivity contribution in [2.45, 2.75) is 30.5 Å². The summed E-state index contributed by atoms with van der Waals surface area (Å²) in [5.41, 5.74) is 0. The number of hydrogen-bond donors (Lipinski definition) is 0. The molecule has 1 aliphatic rings. The lowest BCUT2D eigenvalue weighted by Gasteiger charge is -2.06. The minimum Gasteiger partial charge on any atom is -0.253 e. The molecule has 0 bridgehead atoms. The average molecular weight is 244 g/mol. The number of aromatic nitrogens is 3. The summed E-state index contributed by atoms with van der Waals surface area (Å²) in [4.78, 5) is 4.88. The fraction of sp³-hybridized carbons (Fsp3) is 0.778. The Hall–Kier alpha value is -0.380. The van der Waals surface area contributed by atoms with Gasteiger partial charge < -0.3 is 0 Å². The molecule has 0 N–H and O–H groups in total. The van der Waals surface area contributed by atoms with Crippen molar-refractivity contribution in [1.82, 2.24) is 14.8 Å². The largest absolute Gasteiger partial charge is 0.253 e. The van der Waals surface area contributed by atoms with E-state index in [0.717, 1.165) is 18.2 Å². The summed E-state index contributed by atoms with van der Waals surface area (Å²) in [5.74, 6) is 2.01. The van der Waals surface area contributed by atoms with Crippen LogP contribution in [0.25, 0.3) is 0 Å². The van der Waals surface area contributed by atoms with Crippen LogP contribution in [-0.2, 0) is 13.5 Å². The van der Waals surface area contributed by atoms with Gasteiger partial charge in [0.1, 0.15) is 12.2 Å². The van der Waals surface area contributed by atoms with Gasteiger partial charge >= 0.3 is 0 Å². The van der Waals surface area contributed by atoms with Crippen LogP contribution in [0.2, 0.25) is 0 Å². The van der Waals surface area contributed by atoms with Gasteiger partial charge in [-0.15, -0.1) is 0 Å². The zero-order valence-electron chi connectivity index (χ0n) is 7.78. The summed E-state index contributed by atoms with van der Waals surface area (Å²) in [5, 5.41) is 4.05. The molecule has 0 aromatic carbocycles. The predicted octanol–water partition coefficient (Wildman–Crippen LogP) is 1.92. The molecule has 0 radical (unpaired) electrons. The van der Waals surface area contributed by atoms with Crippen molar-refractivity contribution < 1.29 is 0 Å². The molecule has 1 atom stereocenters. The number of alkyl halides is 1. The molecule has 2 rings (SSSR count). The first kappa shape index (κ1) is 9.19. The minimum absolute atomic E-state index is 0.684. The third-order valence-electron chi connectivity index (χ3n) is 2.58. The summed E-state index contributed by atoms with van der Waals surface area (Å²) >= 11 is 3.72. The second-order valence-corrected chi connectivity index (χ2v) is 4.87. The van der Waals surface area contributed by atoms with E-state index in [0.29, 0.717) is 4.83 Å². The topological polar surface area (TPSA) is 30.7 Å². The quantitative estimate of drug-likeness (QED) is 0.757. The van der Waals surface area contributed by atoms with Gasteiger partial charge in [-0.2, -0.15) is 5.10 Å². The van der Waals surface area contributed by atoms with E-state index in [1.165, 1.54) is 19.3 Å². The van der Waals surface area contributed by atoms with E-state index in [2.05, 4.69) is 26.0 Å². The van der Waals surface area contributed by atoms with Gasteiger partial charge in [0.05, 0.1) is 0 Å². The van der Waals surface area contributed by atoms with Crippen molar-refractivity contribution >= 4 is 15.9 Å². The van der Waals surface area contributed by atoms with Crippen LogP contribution in [0.3, 0.4) is 0 Å². The summed E-state index contributed by atoms with van der Waals surface area (Å²) in [6.07, 6.45) is 6.62. The second kappa shape index (κ2) is 3.78. The van der Waals surface area contributed by atoms with E-state index < -0.39 is 0 Å². The van der Waals surface area contributed by atoms with E-state index >= 15 is 0 Å². The molecular weight excluding hydrogens is 230 g/mol. The SMILES string of the molecule is Cn1ncnc1CCC(Br)C1CC1. The Morgan fingerprint density at radius 1 is 1.69 bits per heavy atom. The van der Waals surface area contributed by atoms with Crippen molar-refractivity contribution in [3.63, 3.8) is 0 Å². The molecule has 1 heterocycles. The summed E-state index contributed by atoms with van der Waals surface area (Å²) in [7, 11) is 1.95. The maximum Gasteiger partial charge on any atom is 0.138 e. The third-order valence-corrected chi connectivity index (χ3v) is 3.79. The highest BCUT2D eigenvalue weighted by atomic mass is 79.9. The van der Waals surface area contributed by atoms with Gasteiger partial charge in [0.15, 0.2) is 0 Å². The van der Waals surface area contributed by atoms with Crippen LogP contribution >= 0.6 is 15.9 Å². The molecule has 1 fully saturated rings. The highest BCUT2D eigenvalue weighted by Crippen LogP contribution is 2.38. The minimum atomic E-state index is 0.684. The van der Waals surface area contributed by atoms with Gasteiger partial charge in [-0.1, -0.05) is 15.9 Å². The lowest BCUT2D eigenvalue weighted by Crippen LogP contribution is -2.06. The van der Waals surface area contributed by atoms with Crippen LogP contribution in [0.15, 0.2) is 6.33 Å². The van der Waals surface area contributed by atoms with Crippen LogP contribution in [0, 0.1) is 5.92 Å². The monoisotopic (exact) mass is 243 g/mol. The maximum absolute atomic E-state index is 4.20. The van der Waals surface area contributed by atoms with Crippen molar-refractivity contribution in [1.29, 1.82) is 0 Å². The molecule has 0 amide bonds. The Morgan fingerprint density at radius 2 is 2.46 bits per heavy atom. The first-order chi connectivity index (χ1) is 6.27. The molecular formula is C9H14BrN3. The van der Waals surface area contributed by atoms with Crippen LogP contribution in [0.1, 0.15) is 25.1 Å². The number of aryl methyl sites for hydroxylation is 2. The van der Waals surface area contributed by atoms with Crippen molar-refractivity contribution in [2.24, 2.45) is 13.0 Å². The van der Waals surface area contributed by atoms with Gasteiger partial charge in [-0.05, 0) is 25.2 Å². The van der Waals surface area contributed by atoms with Crippen molar-refractivity contribution in [3.05, 3.63) is 12.2 Å². The van der Waals surface area contributed by atoms with E-state index in [4.69, 9.17) is 0 Å². The van der Waals surface area contributed by atoms with Gasteiger partial charge in [0.25, 0.3) is 0 Å². The van der Waals surface area contributed by atoms with Crippen LogP contribution < -0.4 is 0 Å². The molecule has 1 saturated carbocycles. The second-order valence-electron chi connectivity index (χ2n) is 3.69. The van der Waals surface area contributed by atoms with Crippen molar-refractivity contribution in [2.75, 3.05) is 0 Å². The Bertz CT molecular complexity index is 280. The molecule has 1 aromatic heterocycles. The first-order valence-corrected chi connectivity index (χ1v) is 5.66. The molecule has 1 aliphatic carbocycles.